The molecule has 2 aromatic carbocycles. The van der Waals surface area contributed by atoms with E-state index in [1.54, 1.807) is 12.1 Å². The highest BCUT2D eigenvalue weighted by atomic mass is 32.2. The van der Waals surface area contributed by atoms with E-state index < -0.39 is 10.0 Å². The second kappa shape index (κ2) is 7.60. The summed E-state index contributed by atoms with van der Waals surface area (Å²) in [7, 11) is -3.57. The van der Waals surface area contributed by atoms with Crippen LogP contribution >= 0.6 is 0 Å². The number of nitrogens with one attached hydrogen (secondary N) is 2. The van der Waals surface area contributed by atoms with Crippen molar-refractivity contribution in [1.29, 1.82) is 0 Å². The molecule has 0 radical (unpaired) electrons. The minimum atomic E-state index is -3.57. The number of carbonyl (C=O) groups is 1. The fourth-order valence-electron chi connectivity index (χ4n) is 2.70. The van der Waals surface area contributed by atoms with Crippen molar-refractivity contribution in [1.82, 2.24) is 10.0 Å². The third-order valence-corrected chi connectivity index (χ3v) is 6.06. The largest absolute Gasteiger partial charge is 0.346 e. The van der Waals surface area contributed by atoms with Crippen LogP contribution in [0.2, 0.25) is 0 Å². The van der Waals surface area contributed by atoms with E-state index in [-0.39, 0.29) is 22.9 Å². The molecule has 3 rings (SSSR count). The summed E-state index contributed by atoms with van der Waals surface area (Å²) in [6.45, 7) is 4.01. The number of amides is 1. The quantitative estimate of drug-likeness (QED) is 0.784. The van der Waals surface area contributed by atoms with Crippen molar-refractivity contribution >= 4 is 15.9 Å². The molecular formula is C20H24N2O3S. The van der Waals surface area contributed by atoms with Crippen LogP contribution in [-0.4, -0.2) is 20.4 Å². The molecule has 1 aliphatic rings. The number of aryl methyl sites for hydroxylation is 1. The molecule has 1 amide bonds. The van der Waals surface area contributed by atoms with Crippen molar-refractivity contribution in [3.8, 4) is 0 Å². The van der Waals surface area contributed by atoms with Crippen molar-refractivity contribution in [3.63, 3.8) is 0 Å². The van der Waals surface area contributed by atoms with E-state index >= 15 is 0 Å². The molecule has 5 nitrogen and oxygen atoms in total. The van der Waals surface area contributed by atoms with Gasteiger partial charge < -0.3 is 5.32 Å². The van der Waals surface area contributed by atoms with Crippen LogP contribution in [0.4, 0.5) is 0 Å². The van der Waals surface area contributed by atoms with E-state index in [4.69, 9.17) is 0 Å². The van der Waals surface area contributed by atoms with Crippen LogP contribution in [-0.2, 0) is 16.4 Å². The van der Waals surface area contributed by atoms with Gasteiger partial charge in [-0.15, -0.1) is 0 Å². The third kappa shape index (κ3) is 4.51. The van der Waals surface area contributed by atoms with Crippen molar-refractivity contribution in [2.45, 2.75) is 50.1 Å². The van der Waals surface area contributed by atoms with Crippen molar-refractivity contribution < 1.29 is 13.2 Å². The molecule has 26 heavy (non-hydrogen) atoms. The van der Waals surface area contributed by atoms with E-state index in [0.717, 1.165) is 24.8 Å². The third-order valence-electron chi connectivity index (χ3n) is 4.54. The van der Waals surface area contributed by atoms with Gasteiger partial charge in [0.05, 0.1) is 10.9 Å². The summed E-state index contributed by atoms with van der Waals surface area (Å²) in [5.41, 5.74) is 2.59. The summed E-state index contributed by atoms with van der Waals surface area (Å²) in [5, 5.41) is 2.93. The van der Waals surface area contributed by atoms with Gasteiger partial charge in [0, 0.05) is 11.6 Å². The highest BCUT2D eigenvalue weighted by molar-refractivity contribution is 7.89. The van der Waals surface area contributed by atoms with Crippen LogP contribution in [0.3, 0.4) is 0 Å². The van der Waals surface area contributed by atoms with Gasteiger partial charge in [-0.05, 0) is 55.5 Å². The zero-order chi connectivity index (χ0) is 18.7. The zero-order valence-electron chi connectivity index (χ0n) is 15.0. The molecule has 0 bridgehead atoms. The van der Waals surface area contributed by atoms with Gasteiger partial charge in [0.25, 0.3) is 5.91 Å². The molecule has 0 heterocycles. The zero-order valence-corrected chi connectivity index (χ0v) is 15.8. The number of hydrogen-bond acceptors (Lipinski definition) is 3. The lowest BCUT2D eigenvalue weighted by Crippen LogP contribution is -2.28. The van der Waals surface area contributed by atoms with Gasteiger partial charge in [0.15, 0.2) is 0 Å². The molecular weight excluding hydrogens is 348 g/mol. The molecule has 0 saturated heterocycles. The van der Waals surface area contributed by atoms with Gasteiger partial charge in [-0.25, -0.2) is 13.1 Å². The molecule has 1 fully saturated rings. The Labute approximate surface area is 154 Å². The predicted octanol–water partition coefficient (Wildman–Crippen LogP) is 3.18. The van der Waals surface area contributed by atoms with E-state index in [1.807, 2.05) is 19.1 Å². The topological polar surface area (TPSA) is 75.3 Å². The first-order valence-corrected chi connectivity index (χ1v) is 10.4. The lowest BCUT2D eigenvalue weighted by Gasteiger charge is -2.15. The molecule has 6 heteroatoms. The predicted molar refractivity (Wildman–Crippen MR) is 101 cm³/mol. The summed E-state index contributed by atoms with van der Waals surface area (Å²) in [5.74, 6) is -0.291. The van der Waals surface area contributed by atoms with Gasteiger partial charge in [-0.3, -0.25) is 4.79 Å². The Hall–Kier alpha value is -2.18. The smallest absolute Gasteiger partial charge is 0.251 e. The van der Waals surface area contributed by atoms with Crippen molar-refractivity contribution in [2.24, 2.45) is 0 Å². The molecule has 138 valence electrons. The standard InChI is InChI=1S/C20H24N2O3S/c1-3-15-7-9-16(10-8-15)14(2)21-20(23)17-5-4-6-19(13-17)26(24,25)22-18-11-12-18/h4-10,13-14,18,22H,3,11-12H2,1-2H3,(H,21,23). The highest BCUT2D eigenvalue weighted by Crippen LogP contribution is 2.22. The van der Waals surface area contributed by atoms with E-state index in [2.05, 4.69) is 29.1 Å². The number of hydrogen-bond donors (Lipinski definition) is 2. The van der Waals surface area contributed by atoms with Gasteiger partial charge >= 0.3 is 0 Å². The minimum Gasteiger partial charge on any atom is -0.346 e. The molecule has 2 N–H and O–H groups in total. The number of carbonyl (C=O) groups excluding carboxylic acids is 1. The molecule has 0 spiro atoms. The minimum absolute atomic E-state index is 0.0311. The Bertz CT molecular complexity index is 888. The Kier molecular flexibility index (Phi) is 5.44. The van der Waals surface area contributed by atoms with Crippen LogP contribution in [0, 0.1) is 0 Å². The van der Waals surface area contributed by atoms with Gasteiger partial charge in [-0.2, -0.15) is 0 Å². The summed E-state index contributed by atoms with van der Waals surface area (Å²) in [6.07, 6.45) is 2.71. The van der Waals surface area contributed by atoms with E-state index in [1.165, 1.54) is 17.7 Å². The lowest BCUT2D eigenvalue weighted by atomic mass is 10.0. The molecule has 1 aliphatic carbocycles. The summed E-state index contributed by atoms with van der Waals surface area (Å²) in [4.78, 5) is 12.7. The highest BCUT2D eigenvalue weighted by Gasteiger charge is 2.28. The average molecular weight is 372 g/mol. The van der Waals surface area contributed by atoms with Crippen molar-refractivity contribution in [3.05, 3.63) is 65.2 Å². The number of sulfonamides is 1. The average Bonchev–Trinajstić information content (AvgIpc) is 3.45. The summed E-state index contributed by atoms with van der Waals surface area (Å²) >= 11 is 0. The lowest BCUT2D eigenvalue weighted by molar-refractivity contribution is 0.0939. The second-order valence-corrected chi connectivity index (χ2v) is 8.43. The molecule has 1 atom stereocenters. The Morgan fingerprint density at radius 1 is 1.15 bits per heavy atom. The maximum absolute atomic E-state index is 12.5. The first-order chi connectivity index (χ1) is 12.4. The van der Waals surface area contributed by atoms with Gasteiger partial charge in [0.1, 0.15) is 0 Å². The van der Waals surface area contributed by atoms with Crippen molar-refractivity contribution in [2.75, 3.05) is 0 Å². The Balaban J connectivity index is 1.71. The van der Waals surface area contributed by atoms with Crippen LogP contribution < -0.4 is 10.0 Å². The molecule has 1 saturated carbocycles. The maximum Gasteiger partial charge on any atom is 0.251 e. The summed E-state index contributed by atoms with van der Waals surface area (Å²) < 4.78 is 27.3. The maximum atomic E-state index is 12.5. The molecule has 1 unspecified atom stereocenters. The molecule has 2 aromatic rings. The Morgan fingerprint density at radius 3 is 2.46 bits per heavy atom. The fraction of sp³-hybridized carbons (Fsp3) is 0.350. The van der Waals surface area contributed by atoms with Crippen LogP contribution in [0.25, 0.3) is 0 Å². The van der Waals surface area contributed by atoms with Crippen LogP contribution in [0.1, 0.15) is 54.2 Å². The van der Waals surface area contributed by atoms with Gasteiger partial charge in [0.2, 0.25) is 10.0 Å². The number of benzene rings is 2. The normalized spacial score (nSPS) is 15.5. The first kappa shape index (κ1) is 18.6. The second-order valence-electron chi connectivity index (χ2n) is 6.71. The van der Waals surface area contributed by atoms with Crippen LogP contribution in [0.5, 0.6) is 0 Å². The monoisotopic (exact) mass is 372 g/mol. The fourth-order valence-corrected chi connectivity index (χ4v) is 4.05. The molecule has 0 aromatic heterocycles. The SMILES string of the molecule is CCc1ccc(C(C)NC(=O)c2cccc(S(=O)(=O)NC3CC3)c2)cc1. The first-order valence-electron chi connectivity index (χ1n) is 8.91. The van der Waals surface area contributed by atoms with Crippen LogP contribution in [0.15, 0.2) is 53.4 Å². The molecule has 0 aliphatic heterocycles. The number of rotatable bonds is 7. The van der Waals surface area contributed by atoms with E-state index in [9.17, 15) is 13.2 Å². The summed E-state index contributed by atoms with van der Waals surface area (Å²) in [6, 6.07) is 14.1. The van der Waals surface area contributed by atoms with E-state index in [0.29, 0.717) is 5.56 Å². The van der Waals surface area contributed by atoms with Gasteiger partial charge in [-0.1, -0.05) is 37.3 Å². The Morgan fingerprint density at radius 2 is 1.85 bits per heavy atom.